The maximum atomic E-state index is 13.9. The largest absolute Gasteiger partial charge is 0.488 e. The molecule has 2 aromatic heterocycles. The zero-order valence-corrected chi connectivity index (χ0v) is 18.1. The molecule has 32 heavy (non-hydrogen) atoms. The fourth-order valence-electron chi connectivity index (χ4n) is 3.37. The Hall–Kier alpha value is -3.68. The SMILES string of the molecule is CC(C)(C)C(COc1ccccc1F)NC(=O)Cn1cnc2c(oc3ccccc32)c1=O. The Morgan fingerprint density at radius 2 is 1.91 bits per heavy atom. The van der Waals surface area contributed by atoms with Gasteiger partial charge in [0.25, 0.3) is 5.56 Å². The van der Waals surface area contributed by atoms with E-state index in [0.717, 1.165) is 5.39 Å². The molecule has 0 saturated carbocycles. The van der Waals surface area contributed by atoms with Crippen molar-refractivity contribution < 1.29 is 18.3 Å². The molecule has 0 saturated heterocycles. The van der Waals surface area contributed by atoms with Crippen molar-refractivity contribution >= 4 is 28.0 Å². The number of halogens is 1. The van der Waals surface area contributed by atoms with E-state index < -0.39 is 17.4 Å². The Morgan fingerprint density at radius 3 is 2.66 bits per heavy atom. The lowest BCUT2D eigenvalue weighted by atomic mass is 9.87. The second-order valence-corrected chi connectivity index (χ2v) is 8.68. The Balaban J connectivity index is 1.51. The van der Waals surface area contributed by atoms with Gasteiger partial charge in [-0.2, -0.15) is 0 Å². The highest BCUT2D eigenvalue weighted by atomic mass is 19.1. The van der Waals surface area contributed by atoms with Crippen LogP contribution in [0.25, 0.3) is 22.1 Å². The number of nitrogens with one attached hydrogen (secondary N) is 1. The number of amides is 1. The summed E-state index contributed by atoms with van der Waals surface area (Å²) in [5, 5.41) is 3.64. The molecule has 0 aliphatic rings. The number of para-hydroxylation sites is 2. The predicted molar refractivity (Wildman–Crippen MR) is 119 cm³/mol. The van der Waals surface area contributed by atoms with Gasteiger partial charge in [0.1, 0.15) is 24.3 Å². The van der Waals surface area contributed by atoms with Crippen molar-refractivity contribution in [2.24, 2.45) is 5.41 Å². The van der Waals surface area contributed by atoms with Gasteiger partial charge in [-0.05, 0) is 29.7 Å². The topological polar surface area (TPSA) is 86.4 Å². The number of hydrogen-bond donors (Lipinski definition) is 1. The molecule has 1 amide bonds. The first kappa shape index (κ1) is 21.5. The molecule has 1 atom stereocenters. The van der Waals surface area contributed by atoms with Gasteiger partial charge in [-0.1, -0.05) is 45.0 Å². The number of hydrogen-bond acceptors (Lipinski definition) is 5. The highest BCUT2D eigenvalue weighted by Crippen LogP contribution is 2.24. The van der Waals surface area contributed by atoms with Crippen LogP contribution in [0, 0.1) is 11.2 Å². The first-order chi connectivity index (χ1) is 15.2. The van der Waals surface area contributed by atoms with E-state index in [-0.39, 0.29) is 35.8 Å². The van der Waals surface area contributed by atoms with E-state index in [0.29, 0.717) is 11.1 Å². The fourth-order valence-corrected chi connectivity index (χ4v) is 3.37. The maximum Gasteiger partial charge on any atom is 0.297 e. The molecule has 0 bridgehead atoms. The highest BCUT2D eigenvalue weighted by molar-refractivity contribution is 6.01. The summed E-state index contributed by atoms with van der Waals surface area (Å²) in [4.78, 5) is 29.9. The van der Waals surface area contributed by atoms with Gasteiger partial charge in [-0.3, -0.25) is 14.2 Å². The van der Waals surface area contributed by atoms with Gasteiger partial charge < -0.3 is 14.5 Å². The number of fused-ring (bicyclic) bond motifs is 3. The van der Waals surface area contributed by atoms with Gasteiger partial charge >= 0.3 is 0 Å². The fraction of sp³-hybridized carbons (Fsp3) is 0.292. The van der Waals surface area contributed by atoms with E-state index in [1.54, 1.807) is 18.2 Å². The number of aromatic nitrogens is 2. The van der Waals surface area contributed by atoms with Crippen molar-refractivity contribution in [2.45, 2.75) is 33.4 Å². The van der Waals surface area contributed by atoms with Gasteiger partial charge in [0.05, 0.1) is 12.4 Å². The highest BCUT2D eigenvalue weighted by Gasteiger charge is 2.27. The molecule has 4 rings (SSSR count). The predicted octanol–water partition coefficient (Wildman–Crippen LogP) is 3.89. The Labute approximate surface area is 183 Å². The summed E-state index contributed by atoms with van der Waals surface area (Å²) in [7, 11) is 0. The number of rotatable bonds is 6. The first-order valence-electron chi connectivity index (χ1n) is 10.3. The molecular formula is C24H24FN3O4. The minimum Gasteiger partial charge on any atom is -0.488 e. The van der Waals surface area contributed by atoms with Gasteiger partial charge in [0.15, 0.2) is 11.6 Å². The van der Waals surface area contributed by atoms with Crippen molar-refractivity contribution in [3.63, 3.8) is 0 Å². The van der Waals surface area contributed by atoms with Crippen LogP contribution in [0.3, 0.4) is 0 Å². The number of furan rings is 1. The standard InChI is InChI=1S/C24H24FN3O4/c1-24(2,3)19(13-31-18-11-7-5-9-16(18)25)27-20(29)12-28-14-26-21-15-8-4-6-10-17(15)32-22(21)23(28)30/h4-11,14,19H,12-13H2,1-3H3,(H,27,29). The van der Waals surface area contributed by atoms with Crippen molar-refractivity contribution in [1.29, 1.82) is 0 Å². The Kier molecular flexibility index (Phi) is 5.69. The third-order valence-electron chi connectivity index (χ3n) is 5.29. The van der Waals surface area contributed by atoms with Crippen LogP contribution in [0.5, 0.6) is 5.75 Å². The van der Waals surface area contributed by atoms with E-state index in [4.69, 9.17) is 9.15 Å². The summed E-state index contributed by atoms with van der Waals surface area (Å²) in [5.41, 5.74) is 0.334. The van der Waals surface area contributed by atoms with Gasteiger partial charge in [-0.15, -0.1) is 0 Å². The van der Waals surface area contributed by atoms with Crippen molar-refractivity contribution in [3.8, 4) is 5.75 Å². The maximum absolute atomic E-state index is 13.9. The van der Waals surface area contributed by atoms with E-state index in [1.165, 1.54) is 23.0 Å². The van der Waals surface area contributed by atoms with E-state index >= 15 is 0 Å². The molecule has 2 aromatic carbocycles. The lowest BCUT2D eigenvalue weighted by Crippen LogP contribution is -2.49. The minimum absolute atomic E-state index is 0.0753. The average molecular weight is 437 g/mol. The number of benzene rings is 2. The summed E-state index contributed by atoms with van der Waals surface area (Å²) in [6, 6.07) is 12.9. The van der Waals surface area contributed by atoms with E-state index in [2.05, 4.69) is 10.3 Å². The number of carbonyl (C=O) groups is 1. The molecule has 0 aliphatic heterocycles. The molecule has 2 heterocycles. The third kappa shape index (κ3) is 4.34. The molecule has 7 nitrogen and oxygen atoms in total. The first-order valence-corrected chi connectivity index (χ1v) is 10.3. The second-order valence-electron chi connectivity index (χ2n) is 8.68. The van der Waals surface area contributed by atoms with Crippen LogP contribution in [0.1, 0.15) is 20.8 Å². The number of ether oxygens (including phenoxy) is 1. The van der Waals surface area contributed by atoms with Crippen LogP contribution in [0.2, 0.25) is 0 Å². The lowest BCUT2D eigenvalue weighted by Gasteiger charge is -2.31. The monoisotopic (exact) mass is 437 g/mol. The van der Waals surface area contributed by atoms with Gasteiger partial charge in [0, 0.05) is 5.39 Å². The molecule has 0 aliphatic carbocycles. The molecule has 1 N–H and O–H groups in total. The lowest BCUT2D eigenvalue weighted by molar-refractivity contribution is -0.123. The molecule has 8 heteroatoms. The second kappa shape index (κ2) is 8.45. The summed E-state index contributed by atoms with van der Waals surface area (Å²) in [5.74, 6) is -0.739. The number of nitrogens with zero attached hydrogens (tertiary/aromatic N) is 2. The van der Waals surface area contributed by atoms with E-state index in [1.807, 2.05) is 39.0 Å². The number of carbonyl (C=O) groups excluding carboxylic acids is 1. The summed E-state index contributed by atoms with van der Waals surface area (Å²) in [6.07, 6.45) is 1.34. The normalized spacial score (nSPS) is 12.8. The smallest absolute Gasteiger partial charge is 0.297 e. The quantitative estimate of drug-likeness (QED) is 0.495. The summed E-state index contributed by atoms with van der Waals surface area (Å²) < 4.78 is 26.3. The van der Waals surface area contributed by atoms with Crippen LogP contribution in [-0.2, 0) is 11.3 Å². The van der Waals surface area contributed by atoms with Crippen LogP contribution in [-0.4, -0.2) is 28.1 Å². The molecule has 166 valence electrons. The van der Waals surface area contributed by atoms with E-state index in [9.17, 15) is 14.0 Å². The third-order valence-corrected chi connectivity index (χ3v) is 5.29. The minimum atomic E-state index is -0.469. The van der Waals surface area contributed by atoms with Crippen LogP contribution in [0.15, 0.2) is 64.1 Å². The molecule has 0 radical (unpaired) electrons. The Bertz CT molecular complexity index is 1340. The van der Waals surface area contributed by atoms with Crippen LogP contribution >= 0.6 is 0 Å². The van der Waals surface area contributed by atoms with Gasteiger partial charge in [-0.25, -0.2) is 9.37 Å². The molecule has 4 aromatic rings. The zero-order chi connectivity index (χ0) is 22.9. The summed E-state index contributed by atoms with van der Waals surface area (Å²) >= 11 is 0. The zero-order valence-electron chi connectivity index (χ0n) is 18.1. The Morgan fingerprint density at radius 1 is 1.19 bits per heavy atom. The summed E-state index contributed by atoms with van der Waals surface area (Å²) in [6.45, 7) is 5.67. The van der Waals surface area contributed by atoms with Crippen LogP contribution in [0.4, 0.5) is 4.39 Å². The van der Waals surface area contributed by atoms with Crippen molar-refractivity contribution in [2.75, 3.05) is 6.61 Å². The molecule has 0 spiro atoms. The average Bonchev–Trinajstić information content (AvgIpc) is 3.13. The van der Waals surface area contributed by atoms with Gasteiger partial charge in [0.2, 0.25) is 11.5 Å². The van der Waals surface area contributed by atoms with Crippen molar-refractivity contribution in [1.82, 2.24) is 14.9 Å². The molecular weight excluding hydrogens is 413 g/mol. The molecule has 0 fully saturated rings. The van der Waals surface area contributed by atoms with Crippen LogP contribution < -0.4 is 15.6 Å². The molecule has 1 unspecified atom stereocenters. The van der Waals surface area contributed by atoms with Crippen molar-refractivity contribution in [3.05, 3.63) is 71.0 Å².